The molecule has 7 heteroatoms. The standard InChI is InChI=1S/C21H23N3O4/c1-4-11-23-20(26)15-7-5-6-8-17(15)24(21(23)27)13-19(25)22-16-12-14(2)9-10-18(16)28-3/h5-10,12H,4,11,13H2,1-3H3,(H,22,25). The third-order valence-corrected chi connectivity index (χ3v) is 4.51. The van der Waals surface area contributed by atoms with Crippen molar-refractivity contribution in [1.82, 2.24) is 9.13 Å². The summed E-state index contributed by atoms with van der Waals surface area (Å²) in [6.07, 6.45) is 0.639. The van der Waals surface area contributed by atoms with Gasteiger partial charge in [0, 0.05) is 6.54 Å². The highest BCUT2D eigenvalue weighted by Crippen LogP contribution is 2.25. The van der Waals surface area contributed by atoms with E-state index in [2.05, 4.69) is 5.32 Å². The van der Waals surface area contributed by atoms with Gasteiger partial charge in [-0.15, -0.1) is 0 Å². The Morgan fingerprint density at radius 3 is 2.57 bits per heavy atom. The smallest absolute Gasteiger partial charge is 0.331 e. The number of methoxy groups -OCH3 is 1. The molecule has 0 unspecified atom stereocenters. The Kier molecular flexibility index (Phi) is 5.63. The highest BCUT2D eigenvalue weighted by molar-refractivity contribution is 5.93. The van der Waals surface area contributed by atoms with E-state index in [1.165, 1.54) is 16.2 Å². The molecule has 0 saturated heterocycles. The topological polar surface area (TPSA) is 82.3 Å². The van der Waals surface area contributed by atoms with Crippen molar-refractivity contribution in [2.75, 3.05) is 12.4 Å². The zero-order valence-electron chi connectivity index (χ0n) is 16.2. The maximum atomic E-state index is 12.9. The molecule has 2 aromatic carbocycles. The first-order chi connectivity index (χ1) is 13.5. The molecule has 0 radical (unpaired) electrons. The minimum absolute atomic E-state index is 0.208. The number of benzene rings is 2. The van der Waals surface area contributed by atoms with Gasteiger partial charge in [0.05, 0.1) is 23.7 Å². The zero-order valence-corrected chi connectivity index (χ0v) is 16.2. The molecule has 1 heterocycles. The molecule has 3 aromatic rings. The van der Waals surface area contributed by atoms with E-state index in [1.807, 2.05) is 19.9 Å². The highest BCUT2D eigenvalue weighted by atomic mass is 16.5. The number of fused-ring (bicyclic) bond motifs is 1. The lowest BCUT2D eigenvalue weighted by molar-refractivity contribution is -0.116. The number of para-hydroxylation sites is 1. The molecule has 0 fully saturated rings. The number of nitrogens with one attached hydrogen (secondary N) is 1. The number of hydrogen-bond donors (Lipinski definition) is 1. The SMILES string of the molecule is CCCn1c(=O)c2ccccc2n(CC(=O)Nc2cc(C)ccc2OC)c1=O. The predicted molar refractivity (Wildman–Crippen MR) is 109 cm³/mol. The summed E-state index contributed by atoms with van der Waals surface area (Å²) in [5, 5.41) is 3.21. The van der Waals surface area contributed by atoms with Crippen molar-refractivity contribution in [3.8, 4) is 5.75 Å². The number of ether oxygens (including phenoxy) is 1. The molecule has 0 aliphatic carbocycles. The Hall–Kier alpha value is -3.35. The summed E-state index contributed by atoms with van der Waals surface area (Å²) in [4.78, 5) is 38.2. The van der Waals surface area contributed by atoms with Gasteiger partial charge >= 0.3 is 5.69 Å². The van der Waals surface area contributed by atoms with Crippen LogP contribution in [0.5, 0.6) is 5.75 Å². The molecule has 1 amide bonds. The normalized spacial score (nSPS) is 10.8. The molecule has 28 heavy (non-hydrogen) atoms. The molecular formula is C21H23N3O4. The zero-order chi connectivity index (χ0) is 20.3. The maximum Gasteiger partial charge on any atom is 0.331 e. The second-order valence-electron chi connectivity index (χ2n) is 6.59. The fourth-order valence-corrected chi connectivity index (χ4v) is 3.20. The van der Waals surface area contributed by atoms with Gasteiger partial charge in [-0.25, -0.2) is 4.79 Å². The molecule has 0 atom stereocenters. The van der Waals surface area contributed by atoms with Crippen LogP contribution in [0.1, 0.15) is 18.9 Å². The minimum Gasteiger partial charge on any atom is -0.495 e. The van der Waals surface area contributed by atoms with Gasteiger partial charge in [-0.3, -0.25) is 18.7 Å². The molecule has 146 valence electrons. The Labute approximate surface area is 162 Å². The van der Waals surface area contributed by atoms with Crippen molar-refractivity contribution in [2.24, 2.45) is 0 Å². The molecule has 1 N–H and O–H groups in total. The summed E-state index contributed by atoms with van der Waals surface area (Å²) in [6.45, 7) is 3.89. The summed E-state index contributed by atoms with van der Waals surface area (Å²) in [5.41, 5.74) is 1.12. The van der Waals surface area contributed by atoms with Crippen LogP contribution in [-0.4, -0.2) is 22.2 Å². The van der Waals surface area contributed by atoms with Gasteiger partial charge < -0.3 is 10.1 Å². The Balaban J connectivity index is 2.03. The molecule has 7 nitrogen and oxygen atoms in total. The third-order valence-electron chi connectivity index (χ3n) is 4.51. The van der Waals surface area contributed by atoms with Crippen molar-refractivity contribution in [1.29, 1.82) is 0 Å². The average Bonchev–Trinajstić information content (AvgIpc) is 2.68. The van der Waals surface area contributed by atoms with Crippen LogP contribution < -0.4 is 21.3 Å². The highest BCUT2D eigenvalue weighted by Gasteiger charge is 2.16. The second-order valence-corrected chi connectivity index (χ2v) is 6.59. The van der Waals surface area contributed by atoms with Crippen LogP contribution in [0.3, 0.4) is 0 Å². The average molecular weight is 381 g/mol. The van der Waals surface area contributed by atoms with Crippen molar-refractivity contribution in [3.63, 3.8) is 0 Å². The molecule has 0 saturated carbocycles. The first-order valence-corrected chi connectivity index (χ1v) is 9.13. The summed E-state index contributed by atoms with van der Waals surface area (Å²) in [5.74, 6) is 0.157. The van der Waals surface area contributed by atoms with Gasteiger partial charge in [-0.1, -0.05) is 25.1 Å². The van der Waals surface area contributed by atoms with E-state index in [1.54, 1.807) is 36.4 Å². The number of nitrogens with zero attached hydrogens (tertiary/aromatic N) is 2. The van der Waals surface area contributed by atoms with Crippen molar-refractivity contribution < 1.29 is 9.53 Å². The number of aromatic nitrogens is 2. The summed E-state index contributed by atoms with van der Waals surface area (Å²) in [7, 11) is 1.53. The number of aryl methyl sites for hydroxylation is 1. The van der Waals surface area contributed by atoms with Gasteiger partial charge in [0.15, 0.2) is 0 Å². The fraction of sp³-hybridized carbons (Fsp3) is 0.286. The quantitative estimate of drug-likeness (QED) is 0.711. The van der Waals surface area contributed by atoms with Gasteiger partial charge in [0.1, 0.15) is 12.3 Å². The summed E-state index contributed by atoms with van der Waals surface area (Å²) in [6, 6.07) is 12.3. The monoisotopic (exact) mass is 381 g/mol. The van der Waals surface area contributed by atoms with E-state index in [0.29, 0.717) is 35.3 Å². The molecule has 0 aliphatic heterocycles. The van der Waals surface area contributed by atoms with Crippen molar-refractivity contribution in [2.45, 2.75) is 33.4 Å². The first kappa shape index (κ1) is 19.4. The number of rotatable bonds is 6. The minimum atomic E-state index is -0.489. The van der Waals surface area contributed by atoms with E-state index in [9.17, 15) is 14.4 Å². The Morgan fingerprint density at radius 2 is 1.86 bits per heavy atom. The first-order valence-electron chi connectivity index (χ1n) is 9.13. The van der Waals surface area contributed by atoms with E-state index < -0.39 is 5.69 Å². The number of carbonyl (C=O) groups excluding carboxylic acids is 1. The van der Waals surface area contributed by atoms with Crippen LogP contribution in [0.2, 0.25) is 0 Å². The second kappa shape index (κ2) is 8.12. The van der Waals surface area contributed by atoms with E-state index in [0.717, 1.165) is 5.56 Å². The number of amides is 1. The Morgan fingerprint density at radius 1 is 1.11 bits per heavy atom. The summed E-state index contributed by atoms with van der Waals surface area (Å²) >= 11 is 0. The van der Waals surface area contributed by atoms with Crippen LogP contribution in [0.15, 0.2) is 52.1 Å². The molecule has 3 rings (SSSR count). The molecule has 1 aromatic heterocycles. The van der Waals surface area contributed by atoms with Crippen LogP contribution in [0, 0.1) is 6.92 Å². The number of carbonyl (C=O) groups is 1. The van der Waals surface area contributed by atoms with Gasteiger partial charge in [-0.05, 0) is 43.2 Å². The van der Waals surface area contributed by atoms with Gasteiger partial charge in [0.25, 0.3) is 5.56 Å². The summed E-state index contributed by atoms with van der Waals surface area (Å²) < 4.78 is 7.80. The molecule has 0 spiro atoms. The van der Waals surface area contributed by atoms with E-state index in [-0.39, 0.29) is 18.0 Å². The predicted octanol–water partition coefficient (Wildman–Crippen LogP) is 2.53. The lowest BCUT2D eigenvalue weighted by atomic mass is 10.2. The Bertz CT molecular complexity index is 1140. The number of anilines is 1. The van der Waals surface area contributed by atoms with E-state index in [4.69, 9.17) is 4.74 Å². The van der Waals surface area contributed by atoms with Crippen LogP contribution in [0.4, 0.5) is 5.69 Å². The van der Waals surface area contributed by atoms with Crippen molar-refractivity contribution in [3.05, 3.63) is 68.9 Å². The van der Waals surface area contributed by atoms with E-state index >= 15 is 0 Å². The van der Waals surface area contributed by atoms with Crippen LogP contribution in [-0.2, 0) is 17.9 Å². The fourth-order valence-electron chi connectivity index (χ4n) is 3.20. The maximum absolute atomic E-state index is 12.9. The largest absolute Gasteiger partial charge is 0.495 e. The van der Waals surface area contributed by atoms with Crippen LogP contribution >= 0.6 is 0 Å². The third kappa shape index (κ3) is 3.69. The lowest BCUT2D eigenvalue weighted by Crippen LogP contribution is -2.41. The van der Waals surface area contributed by atoms with Crippen molar-refractivity contribution >= 4 is 22.5 Å². The van der Waals surface area contributed by atoms with Gasteiger partial charge in [-0.2, -0.15) is 0 Å². The molecular weight excluding hydrogens is 358 g/mol. The van der Waals surface area contributed by atoms with Gasteiger partial charge in [0.2, 0.25) is 5.91 Å². The molecule has 0 bridgehead atoms. The number of hydrogen-bond acceptors (Lipinski definition) is 4. The van der Waals surface area contributed by atoms with Crippen LogP contribution in [0.25, 0.3) is 10.9 Å². The molecule has 0 aliphatic rings. The lowest BCUT2D eigenvalue weighted by Gasteiger charge is -2.15.